The topological polar surface area (TPSA) is 55.6 Å². The van der Waals surface area contributed by atoms with Gasteiger partial charge >= 0.3 is 0 Å². The molecule has 138 valence electrons. The monoisotopic (exact) mass is 364 g/mol. The standard InChI is InChI=1S/C22H21FN2O2/c1-15-11-12-19(27-18-10-6-9-17(23)13-18)14-20(15)25(2)21(22(24)26)16-7-4-3-5-8-16/h3-14,21H,1-2H3,(H2,24,26)/t21-/m0/s1. The van der Waals surface area contributed by atoms with Gasteiger partial charge in [-0.15, -0.1) is 0 Å². The Bertz CT molecular complexity index is 944. The second-order valence-electron chi connectivity index (χ2n) is 6.33. The molecule has 4 nitrogen and oxygen atoms in total. The van der Waals surface area contributed by atoms with Gasteiger partial charge in [-0.2, -0.15) is 0 Å². The number of aryl methyl sites for hydroxylation is 1. The van der Waals surface area contributed by atoms with E-state index >= 15 is 0 Å². The van der Waals surface area contributed by atoms with Crippen molar-refractivity contribution in [2.24, 2.45) is 5.73 Å². The van der Waals surface area contributed by atoms with Crippen molar-refractivity contribution in [3.8, 4) is 11.5 Å². The molecule has 3 aromatic rings. The van der Waals surface area contributed by atoms with E-state index in [0.717, 1.165) is 16.8 Å². The van der Waals surface area contributed by atoms with E-state index < -0.39 is 11.9 Å². The molecule has 1 amide bonds. The quantitative estimate of drug-likeness (QED) is 0.696. The highest BCUT2D eigenvalue weighted by Gasteiger charge is 2.24. The van der Waals surface area contributed by atoms with Crippen molar-refractivity contribution in [3.63, 3.8) is 0 Å². The van der Waals surface area contributed by atoms with Gasteiger partial charge in [-0.25, -0.2) is 4.39 Å². The predicted molar refractivity (Wildman–Crippen MR) is 104 cm³/mol. The number of likely N-dealkylation sites (N-methyl/N-ethyl adjacent to an activating group) is 1. The first-order valence-corrected chi connectivity index (χ1v) is 8.57. The highest BCUT2D eigenvalue weighted by molar-refractivity contribution is 5.85. The highest BCUT2D eigenvalue weighted by Crippen LogP contribution is 2.33. The summed E-state index contributed by atoms with van der Waals surface area (Å²) < 4.78 is 19.2. The van der Waals surface area contributed by atoms with E-state index in [1.54, 1.807) is 18.2 Å². The van der Waals surface area contributed by atoms with E-state index in [1.807, 2.05) is 61.3 Å². The van der Waals surface area contributed by atoms with Gasteiger partial charge in [-0.05, 0) is 36.2 Å². The Balaban J connectivity index is 1.94. The zero-order valence-corrected chi connectivity index (χ0v) is 15.2. The van der Waals surface area contributed by atoms with Gasteiger partial charge in [0.2, 0.25) is 5.91 Å². The molecule has 0 saturated heterocycles. The summed E-state index contributed by atoms with van der Waals surface area (Å²) in [5, 5.41) is 0. The van der Waals surface area contributed by atoms with Crippen LogP contribution in [0.2, 0.25) is 0 Å². The lowest BCUT2D eigenvalue weighted by atomic mass is 10.0. The Morgan fingerprint density at radius 3 is 2.37 bits per heavy atom. The van der Waals surface area contributed by atoms with Crippen LogP contribution in [0.3, 0.4) is 0 Å². The maximum atomic E-state index is 13.4. The Morgan fingerprint density at radius 2 is 1.70 bits per heavy atom. The largest absolute Gasteiger partial charge is 0.457 e. The number of anilines is 1. The molecule has 0 fully saturated rings. The molecule has 0 heterocycles. The fourth-order valence-corrected chi connectivity index (χ4v) is 3.05. The molecule has 0 aliphatic rings. The summed E-state index contributed by atoms with van der Waals surface area (Å²) in [6.07, 6.45) is 0. The lowest BCUT2D eigenvalue weighted by molar-refractivity contribution is -0.119. The van der Waals surface area contributed by atoms with Crippen molar-refractivity contribution < 1.29 is 13.9 Å². The van der Waals surface area contributed by atoms with Crippen molar-refractivity contribution in [2.75, 3.05) is 11.9 Å². The minimum Gasteiger partial charge on any atom is -0.457 e. The zero-order valence-electron chi connectivity index (χ0n) is 15.2. The average Bonchev–Trinajstić information content (AvgIpc) is 2.64. The molecule has 0 bridgehead atoms. The van der Waals surface area contributed by atoms with Crippen LogP contribution in [0.25, 0.3) is 0 Å². The number of nitrogens with two attached hydrogens (primary N) is 1. The number of amides is 1. The smallest absolute Gasteiger partial charge is 0.244 e. The number of halogens is 1. The van der Waals surface area contributed by atoms with Crippen LogP contribution in [0.15, 0.2) is 72.8 Å². The molecule has 5 heteroatoms. The number of benzene rings is 3. The molecule has 0 spiro atoms. The molecule has 0 aliphatic heterocycles. The summed E-state index contributed by atoms with van der Waals surface area (Å²) in [5.74, 6) is 0.140. The van der Waals surface area contributed by atoms with Crippen molar-refractivity contribution in [1.82, 2.24) is 0 Å². The molecule has 2 N–H and O–H groups in total. The number of carbonyl (C=O) groups is 1. The van der Waals surface area contributed by atoms with Gasteiger partial charge in [0.15, 0.2) is 0 Å². The molecule has 0 aromatic heterocycles. The molecule has 0 radical (unpaired) electrons. The van der Waals surface area contributed by atoms with E-state index in [4.69, 9.17) is 10.5 Å². The molecule has 3 rings (SSSR count). The third-order valence-corrected chi connectivity index (χ3v) is 4.36. The van der Waals surface area contributed by atoms with Crippen LogP contribution in [0.1, 0.15) is 17.2 Å². The maximum Gasteiger partial charge on any atom is 0.244 e. The Hall–Kier alpha value is -3.34. The minimum atomic E-state index is -0.616. The van der Waals surface area contributed by atoms with Crippen LogP contribution in [0.4, 0.5) is 10.1 Å². The number of nitrogens with zero attached hydrogens (tertiary/aromatic N) is 1. The van der Waals surface area contributed by atoms with Crippen molar-refractivity contribution in [2.45, 2.75) is 13.0 Å². The molecular formula is C22H21FN2O2. The van der Waals surface area contributed by atoms with Crippen molar-refractivity contribution in [3.05, 3.63) is 89.7 Å². The van der Waals surface area contributed by atoms with Gasteiger partial charge in [0, 0.05) is 24.9 Å². The summed E-state index contributed by atoms with van der Waals surface area (Å²) in [7, 11) is 1.82. The van der Waals surface area contributed by atoms with E-state index in [1.165, 1.54) is 12.1 Å². The Kier molecular flexibility index (Phi) is 5.41. The van der Waals surface area contributed by atoms with Gasteiger partial charge < -0.3 is 15.4 Å². The fraction of sp³-hybridized carbons (Fsp3) is 0.136. The maximum absolute atomic E-state index is 13.4. The first-order valence-electron chi connectivity index (χ1n) is 8.57. The number of hydrogen-bond acceptors (Lipinski definition) is 3. The van der Waals surface area contributed by atoms with Gasteiger partial charge in [-0.3, -0.25) is 4.79 Å². The first-order chi connectivity index (χ1) is 13.0. The summed E-state index contributed by atoms with van der Waals surface area (Å²) >= 11 is 0. The zero-order chi connectivity index (χ0) is 19.4. The van der Waals surface area contributed by atoms with Gasteiger partial charge in [0.25, 0.3) is 0 Å². The molecule has 3 aromatic carbocycles. The highest BCUT2D eigenvalue weighted by atomic mass is 19.1. The van der Waals surface area contributed by atoms with Gasteiger partial charge in [0.05, 0.1) is 0 Å². The van der Waals surface area contributed by atoms with Crippen LogP contribution in [0, 0.1) is 12.7 Å². The predicted octanol–water partition coefficient (Wildman–Crippen LogP) is 4.59. The summed E-state index contributed by atoms with van der Waals surface area (Å²) in [6.45, 7) is 1.95. The molecule has 0 aliphatic carbocycles. The molecule has 1 atom stereocenters. The Morgan fingerprint density at radius 1 is 1.00 bits per heavy atom. The summed E-state index contributed by atoms with van der Waals surface area (Å²) in [4.78, 5) is 14.0. The third-order valence-electron chi connectivity index (χ3n) is 4.36. The minimum absolute atomic E-state index is 0.366. The SMILES string of the molecule is Cc1ccc(Oc2cccc(F)c2)cc1N(C)[C@H](C(N)=O)c1ccccc1. The summed E-state index contributed by atoms with van der Waals surface area (Å²) in [6, 6.07) is 20.2. The first kappa shape index (κ1) is 18.5. The number of ether oxygens (including phenoxy) is 1. The lowest BCUT2D eigenvalue weighted by Gasteiger charge is -2.29. The molecule has 0 unspecified atom stereocenters. The van der Waals surface area contributed by atoms with E-state index in [9.17, 15) is 9.18 Å². The number of rotatable bonds is 6. The van der Waals surface area contributed by atoms with E-state index in [2.05, 4.69) is 0 Å². The van der Waals surface area contributed by atoms with Crippen LogP contribution < -0.4 is 15.4 Å². The van der Waals surface area contributed by atoms with Crippen LogP contribution >= 0.6 is 0 Å². The fourth-order valence-electron chi connectivity index (χ4n) is 3.05. The third kappa shape index (κ3) is 4.26. The second-order valence-corrected chi connectivity index (χ2v) is 6.33. The van der Waals surface area contributed by atoms with E-state index in [-0.39, 0.29) is 5.82 Å². The molecule has 27 heavy (non-hydrogen) atoms. The van der Waals surface area contributed by atoms with E-state index in [0.29, 0.717) is 11.5 Å². The van der Waals surface area contributed by atoms with Crippen molar-refractivity contribution >= 4 is 11.6 Å². The van der Waals surface area contributed by atoms with Crippen molar-refractivity contribution in [1.29, 1.82) is 0 Å². The molecular weight excluding hydrogens is 343 g/mol. The second kappa shape index (κ2) is 7.91. The average molecular weight is 364 g/mol. The van der Waals surface area contributed by atoms with Crippen LogP contribution in [0.5, 0.6) is 11.5 Å². The molecule has 0 saturated carbocycles. The normalized spacial score (nSPS) is 11.7. The number of hydrogen-bond donors (Lipinski definition) is 1. The Labute approximate surface area is 158 Å². The number of carbonyl (C=O) groups excluding carboxylic acids is 1. The summed E-state index contributed by atoms with van der Waals surface area (Å²) in [5.41, 5.74) is 8.26. The van der Waals surface area contributed by atoms with Gasteiger partial charge in [-0.1, -0.05) is 42.5 Å². The lowest BCUT2D eigenvalue weighted by Crippen LogP contribution is -2.35. The van der Waals surface area contributed by atoms with Crippen LogP contribution in [-0.4, -0.2) is 13.0 Å². The number of primary amides is 1. The van der Waals surface area contributed by atoms with Gasteiger partial charge in [0.1, 0.15) is 23.4 Å². The van der Waals surface area contributed by atoms with Crippen LogP contribution in [-0.2, 0) is 4.79 Å².